The van der Waals surface area contributed by atoms with E-state index in [-0.39, 0.29) is 11.1 Å². The number of benzene rings is 1. The smallest absolute Gasteiger partial charge is 0.278 e. The molecule has 0 aliphatic carbocycles. The molecule has 9 rings (SSSR count). The van der Waals surface area contributed by atoms with E-state index in [9.17, 15) is 19.8 Å². The fraction of sp³-hybridized carbons (Fsp3) is 0.268. The van der Waals surface area contributed by atoms with Crippen LogP contribution in [0.15, 0.2) is 112 Å². The third kappa shape index (κ3) is 7.58. The number of nitrogens with zero attached hydrogens (tertiary/aromatic N) is 10. The molecule has 2 atom stereocenters. The van der Waals surface area contributed by atoms with Gasteiger partial charge < -0.3 is 15.5 Å². The molecule has 7 aromatic rings. The van der Waals surface area contributed by atoms with E-state index >= 15 is 0 Å². The molecule has 2 aliphatic rings. The minimum Gasteiger partial charge on any atom is -0.384 e. The molecular weight excluding hydrogens is 778 g/mol. The van der Waals surface area contributed by atoms with Crippen molar-refractivity contribution in [1.29, 1.82) is 0 Å². The minimum atomic E-state index is -1.09. The highest BCUT2D eigenvalue weighted by Gasteiger charge is 2.28. The number of nitrogens with one attached hydrogen (secondary N) is 1. The van der Waals surface area contributed by atoms with Gasteiger partial charge in [-0.1, -0.05) is 59.8 Å². The fourth-order valence-electron chi connectivity index (χ4n) is 6.91. The maximum absolute atomic E-state index is 13.2. The van der Waals surface area contributed by atoms with Gasteiger partial charge in [-0.3, -0.25) is 9.59 Å². The van der Waals surface area contributed by atoms with E-state index in [1.54, 1.807) is 63.0 Å². The normalized spacial score (nSPS) is 20.1. The van der Waals surface area contributed by atoms with E-state index < -0.39 is 11.2 Å². The summed E-state index contributed by atoms with van der Waals surface area (Å²) >= 11 is 7.38. The number of hydrogen-bond donors (Lipinski definition) is 3. The van der Waals surface area contributed by atoms with Crippen LogP contribution in [0.2, 0.25) is 5.02 Å². The number of halogens is 1. The second kappa shape index (κ2) is 15.8. The molecule has 3 N–H and O–H groups in total. The van der Waals surface area contributed by atoms with Crippen molar-refractivity contribution < 1.29 is 10.2 Å². The number of rotatable bonds is 3. The average Bonchev–Trinajstić information content (AvgIpc) is 3.65. The summed E-state index contributed by atoms with van der Waals surface area (Å²) in [5.41, 5.74) is 0.339. The Morgan fingerprint density at radius 3 is 1.74 bits per heavy atom. The van der Waals surface area contributed by atoms with Crippen LogP contribution < -0.4 is 16.4 Å². The van der Waals surface area contributed by atoms with Crippen LogP contribution in [-0.2, 0) is 24.3 Å². The van der Waals surface area contributed by atoms with E-state index in [1.165, 1.54) is 18.0 Å². The molecule has 0 unspecified atom stereocenters. The Morgan fingerprint density at radius 1 is 0.690 bits per heavy atom. The summed E-state index contributed by atoms with van der Waals surface area (Å²) in [5, 5.41) is 26.9. The van der Waals surface area contributed by atoms with Crippen molar-refractivity contribution in [3.63, 3.8) is 0 Å². The van der Waals surface area contributed by atoms with E-state index in [2.05, 4.69) is 35.2 Å². The maximum atomic E-state index is 13.2. The highest BCUT2D eigenvalue weighted by molar-refractivity contribution is 7.98. The first-order valence-electron chi connectivity index (χ1n) is 18.7. The first-order chi connectivity index (χ1) is 27.9. The monoisotopic (exact) mass is 817 g/mol. The van der Waals surface area contributed by atoms with E-state index in [1.807, 2.05) is 67.0 Å². The van der Waals surface area contributed by atoms with Gasteiger partial charge in [0.05, 0.1) is 24.5 Å². The van der Waals surface area contributed by atoms with Crippen LogP contribution in [0.5, 0.6) is 0 Å². The Morgan fingerprint density at radius 2 is 1.21 bits per heavy atom. The molecule has 0 saturated carbocycles. The highest BCUT2D eigenvalue weighted by Crippen LogP contribution is 2.29. The van der Waals surface area contributed by atoms with Crippen molar-refractivity contribution >= 4 is 57.1 Å². The maximum Gasteiger partial charge on any atom is 0.278 e. The molecule has 0 radical (unpaired) electrons. The van der Waals surface area contributed by atoms with Gasteiger partial charge in [0.25, 0.3) is 11.1 Å². The molecule has 296 valence electrons. The molecule has 4 bridgehead atoms. The Kier molecular flexibility index (Phi) is 10.6. The van der Waals surface area contributed by atoms with Crippen molar-refractivity contribution in [3.8, 4) is 11.6 Å². The van der Waals surface area contributed by atoms with Crippen molar-refractivity contribution in [1.82, 2.24) is 48.6 Å². The summed E-state index contributed by atoms with van der Waals surface area (Å²) in [6, 6.07) is 18.1. The SMILES string of the molecule is CSc1ncc2c(=O)n3n(c2n1)-c1cccc(n1)[C@](C)(O)CC/C=C\C3.C[C@@]1(O)CC/C=C\Cn2c(=O)c3cnc(Nc4ccc(Cl)cc4)nc3n2-c2cccc1n2. The molecule has 0 spiro atoms. The van der Waals surface area contributed by atoms with Crippen LogP contribution in [-0.4, -0.2) is 65.1 Å². The van der Waals surface area contributed by atoms with Crippen LogP contribution in [0.25, 0.3) is 33.7 Å². The first-order valence-corrected chi connectivity index (χ1v) is 20.3. The Balaban J connectivity index is 0.000000165. The van der Waals surface area contributed by atoms with E-state index in [4.69, 9.17) is 11.6 Å². The average molecular weight is 818 g/mol. The minimum absolute atomic E-state index is 0.157. The molecule has 58 heavy (non-hydrogen) atoms. The number of aromatic nitrogens is 10. The molecule has 2 aliphatic heterocycles. The summed E-state index contributed by atoms with van der Waals surface area (Å²) in [5.74, 6) is 1.39. The van der Waals surface area contributed by atoms with Crippen LogP contribution in [0.3, 0.4) is 0 Å². The van der Waals surface area contributed by atoms with Crippen LogP contribution >= 0.6 is 23.4 Å². The lowest BCUT2D eigenvalue weighted by atomic mass is 9.95. The molecule has 1 aromatic carbocycles. The predicted octanol–water partition coefficient (Wildman–Crippen LogP) is 6.19. The zero-order valence-corrected chi connectivity index (χ0v) is 33.5. The van der Waals surface area contributed by atoms with Gasteiger partial charge in [0.15, 0.2) is 28.1 Å². The van der Waals surface area contributed by atoms with Crippen LogP contribution in [0.4, 0.5) is 11.6 Å². The Hall–Kier alpha value is -5.94. The van der Waals surface area contributed by atoms with E-state index in [0.29, 0.717) is 100.0 Å². The number of fused-ring (bicyclic) bond motifs is 12. The second-order valence-corrected chi connectivity index (χ2v) is 15.6. The highest BCUT2D eigenvalue weighted by atomic mass is 35.5. The number of thioether (sulfide) groups is 1. The third-order valence-corrected chi connectivity index (χ3v) is 10.9. The number of anilines is 2. The number of pyridine rings is 2. The second-order valence-electron chi connectivity index (χ2n) is 14.4. The van der Waals surface area contributed by atoms with E-state index in [0.717, 1.165) is 5.69 Å². The van der Waals surface area contributed by atoms with Gasteiger partial charge in [-0.15, -0.1) is 0 Å². The third-order valence-electron chi connectivity index (χ3n) is 10.1. The summed E-state index contributed by atoms with van der Waals surface area (Å²) in [4.78, 5) is 53.1. The predicted molar refractivity (Wildman–Crippen MR) is 224 cm³/mol. The van der Waals surface area contributed by atoms with Gasteiger partial charge >= 0.3 is 0 Å². The topological polar surface area (TPSA) is 184 Å². The lowest BCUT2D eigenvalue weighted by molar-refractivity contribution is 0.0439. The number of aliphatic hydroxyl groups is 2. The summed E-state index contributed by atoms with van der Waals surface area (Å²) < 4.78 is 6.58. The van der Waals surface area contributed by atoms with Crippen LogP contribution in [0.1, 0.15) is 50.9 Å². The molecule has 0 amide bonds. The number of allylic oxidation sites excluding steroid dienone is 4. The molecule has 0 fully saturated rings. The Bertz CT molecular complexity index is 2840. The van der Waals surface area contributed by atoms with Crippen molar-refractivity contribution in [2.45, 2.75) is 69.0 Å². The summed E-state index contributed by atoms with van der Waals surface area (Å²) in [6.45, 7) is 4.27. The molecule has 17 heteroatoms. The van der Waals surface area contributed by atoms with Gasteiger partial charge in [0.2, 0.25) is 5.95 Å². The molecule has 6 aromatic heterocycles. The summed E-state index contributed by atoms with van der Waals surface area (Å²) in [7, 11) is 0. The van der Waals surface area contributed by atoms with Crippen LogP contribution in [0, 0.1) is 0 Å². The van der Waals surface area contributed by atoms with Gasteiger partial charge in [0.1, 0.15) is 22.0 Å². The lowest BCUT2D eigenvalue weighted by Gasteiger charge is -2.22. The largest absolute Gasteiger partial charge is 0.384 e. The zero-order valence-electron chi connectivity index (χ0n) is 31.9. The van der Waals surface area contributed by atoms with Crippen molar-refractivity contribution in [2.75, 3.05) is 11.6 Å². The molecule has 15 nitrogen and oxygen atoms in total. The van der Waals surface area contributed by atoms with Crippen molar-refractivity contribution in [2.24, 2.45) is 0 Å². The first kappa shape index (κ1) is 38.9. The van der Waals surface area contributed by atoms with Crippen molar-refractivity contribution in [3.05, 3.63) is 134 Å². The molecule has 0 saturated heterocycles. The Labute approximate surface area is 341 Å². The standard InChI is InChI=1S/C23H21ClN6O2.C18H19N5O2S/c1-23(32)12-3-2-4-13-29-21(31)17-14-25-22(26-16-10-8-15(24)9-11-16)28-20(17)30(29)19-7-5-6-18(23)27-19;1-18(25)9-4-3-5-10-22-16(24)12-11-19-17(26-2)21-15(12)23(22)14-8-6-7-13(18)20-14/h2,4-11,14,32H,3,12-13H2,1H3,(H,25,26,28);3,5-8,11,25H,4,9-10H2,1-2H3/b4-2-;5-3-/t23-;18-/m11/s1. The fourth-order valence-corrected chi connectivity index (χ4v) is 7.37. The summed E-state index contributed by atoms with van der Waals surface area (Å²) in [6.07, 6.45) is 15.2. The molecular formula is C41H40ClN11O4S. The molecule has 8 heterocycles. The lowest BCUT2D eigenvalue weighted by Crippen LogP contribution is -2.24. The zero-order chi connectivity index (χ0) is 40.6. The van der Waals surface area contributed by atoms with Gasteiger partial charge in [-0.2, -0.15) is 4.98 Å². The van der Waals surface area contributed by atoms with Gasteiger partial charge in [0, 0.05) is 23.1 Å². The number of hydrogen-bond acceptors (Lipinski definition) is 12. The van der Waals surface area contributed by atoms with Gasteiger partial charge in [-0.25, -0.2) is 43.6 Å². The van der Waals surface area contributed by atoms with Gasteiger partial charge in [-0.05, 0) is 94.3 Å². The quantitative estimate of drug-likeness (QED) is 0.105.